The quantitative estimate of drug-likeness (QED) is 0.298. The summed E-state index contributed by atoms with van der Waals surface area (Å²) in [5.74, 6) is -2.42. The third-order valence-electron chi connectivity index (χ3n) is 4.46. The van der Waals surface area contributed by atoms with E-state index in [4.69, 9.17) is 9.52 Å². The summed E-state index contributed by atoms with van der Waals surface area (Å²) < 4.78 is 5.06. The van der Waals surface area contributed by atoms with Crippen molar-refractivity contribution >= 4 is 29.8 Å². The molecule has 4 amide bonds. The van der Waals surface area contributed by atoms with Gasteiger partial charge in [0.05, 0.1) is 19.0 Å². The average molecular weight is 466 g/mol. The number of hydrogen-bond donors (Lipinski definition) is 5. The van der Waals surface area contributed by atoms with Crippen LogP contribution in [-0.2, 0) is 16.1 Å². The molecule has 1 aromatic carbocycles. The molecule has 12 heteroatoms. The first-order chi connectivity index (χ1) is 16.4. The first-order valence-corrected chi connectivity index (χ1v) is 10.1. The Morgan fingerprint density at radius 2 is 1.82 bits per heavy atom. The Bertz CT molecular complexity index is 1140. The maximum Gasteiger partial charge on any atom is 0.323 e. The molecule has 2 heterocycles. The van der Waals surface area contributed by atoms with Crippen molar-refractivity contribution in [1.29, 1.82) is 0 Å². The average Bonchev–Trinajstić information content (AvgIpc) is 3.30. The van der Waals surface area contributed by atoms with Crippen LogP contribution in [0.2, 0.25) is 0 Å². The highest BCUT2D eigenvalue weighted by atomic mass is 16.4. The minimum absolute atomic E-state index is 0.152. The number of carboxylic acids is 1. The van der Waals surface area contributed by atoms with Gasteiger partial charge in [-0.15, -0.1) is 0 Å². The third-order valence-corrected chi connectivity index (χ3v) is 4.46. The van der Waals surface area contributed by atoms with Gasteiger partial charge < -0.3 is 25.5 Å². The number of carbonyl (C=O) groups excluding carboxylic acids is 3. The summed E-state index contributed by atoms with van der Waals surface area (Å²) in [4.78, 5) is 55.3. The van der Waals surface area contributed by atoms with Gasteiger partial charge in [-0.05, 0) is 17.2 Å². The molecule has 0 aliphatic carbocycles. The zero-order chi connectivity index (χ0) is 24.3. The van der Waals surface area contributed by atoms with Crippen molar-refractivity contribution in [3.8, 4) is 0 Å². The fourth-order valence-corrected chi connectivity index (χ4v) is 2.86. The molecule has 1 unspecified atom stereocenters. The van der Waals surface area contributed by atoms with E-state index in [0.29, 0.717) is 5.56 Å². The minimum Gasteiger partial charge on any atom is -0.481 e. The number of anilines is 1. The largest absolute Gasteiger partial charge is 0.481 e. The van der Waals surface area contributed by atoms with E-state index < -0.39 is 36.4 Å². The van der Waals surface area contributed by atoms with Gasteiger partial charge >= 0.3 is 18.0 Å². The van der Waals surface area contributed by atoms with E-state index in [9.17, 15) is 19.2 Å². The summed E-state index contributed by atoms with van der Waals surface area (Å²) in [6.07, 6.45) is 3.66. The van der Waals surface area contributed by atoms with Crippen LogP contribution in [0.3, 0.4) is 0 Å². The molecule has 2 aromatic heterocycles. The van der Waals surface area contributed by atoms with E-state index in [-0.39, 0.29) is 24.7 Å². The number of aromatic nitrogens is 2. The second-order valence-electron chi connectivity index (χ2n) is 7.02. The first-order valence-electron chi connectivity index (χ1n) is 10.1. The van der Waals surface area contributed by atoms with Crippen molar-refractivity contribution in [2.75, 3.05) is 11.9 Å². The molecular weight excluding hydrogens is 444 g/mol. The van der Waals surface area contributed by atoms with E-state index in [0.717, 1.165) is 11.8 Å². The van der Waals surface area contributed by atoms with Crippen LogP contribution in [-0.4, -0.2) is 45.4 Å². The maximum atomic E-state index is 12.2. The predicted molar refractivity (Wildman–Crippen MR) is 119 cm³/mol. The number of carboxylic acid groups (broad SMARTS) is 1. The van der Waals surface area contributed by atoms with Crippen LogP contribution >= 0.6 is 0 Å². The van der Waals surface area contributed by atoms with E-state index in [2.05, 4.69) is 31.2 Å². The highest BCUT2D eigenvalue weighted by Crippen LogP contribution is 2.15. The molecule has 0 aliphatic heterocycles. The lowest BCUT2D eigenvalue weighted by atomic mass is 10.1. The molecule has 0 bridgehead atoms. The zero-order valence-corrected chi connectivity index (χ0v) is 17.9. The molecule has 0 radical (unpaired) electrons. The highest BCUT2D eigenvalue weighted by molar-refractivity contribution is 5.95. The number of amides is 4. The number of aliphatic carboxylic acids is 1. The monoisotopic (exact) mass is 466 g/mol. The predicted octanol–water partition coefficient (Wildman–Crippen LogP) is 1.45. The number of rotatable bonds is 10. The molecule has 0 aliphatic rings. The van der Waals surface area contributed by atoms with Crippen molar-refractivity contribution in [3.05, 3.63) is 77.9 Å². The molecule has 1 atom stereocenters. The van der Waals surface area contributed by atoms with Crippen molar-refractivity contribution in [3.63, 3.8) is 0 Å². The van der Waals surface area contributed by atoms with Gasteiger partial charge in [0.2, 0.25) is 5.91 Å². The van der Waals surface area contributed by atoms with Gasteiger partial charge in [0.25, 0.3) is 5.91 Å². The number of carbonyl (C=O) groups is 4. The van der Waals surface area contributed by atoms with Crippen molar-refractivity contribution in [2.24, 2.45) is 0 Å². The second kappa shape index (κ2) is 11.8. The fourth-order valence-electron chi connectivity index (χ4n) is 2.86. The van der Waals surface area contributed by atoms with Gasteiger partial charge in [0, 0.05) is 18.9 Å². The molecule has 34 heavy (non-hydrogen) atoms. The lowest BCUT2D eigenvalue weighted by Gasteiger charge is -2.17. The molecule has 5 N–H and O–H groups in total. The number of pyridine rings is 1. The number of nitrogens with zero attached hydrogens (tertiary/aromatic N) is 2. The SMILES string of the molecule is O=C(O)CC(NC(=O)CNC(=O)c1coc(NC(=O)NCc2ccccc2)n1)c1cccnc1. The van der Waals surface area contributed by atoms with E-state index in [1.165, 1.54) is 12.4 Å². The van der Waals surface area contributed by atoms with Crippen LogP contribution in [0.25, 0.3) is 0 Å². The van der Waals surface area contributed by atoms with Crippen LogP contribution in [0.1, 0.15) is 34.1 Å². The number of hydrogen-bond acceptors (Lipinski definition) is 7. The Labute approximate surface area is 193 Å². The van der Waals surface area contributed by atoms with Crippen LogP contribution in [0.4, 0.5) is 10.8 Å². The van der Waals surface area contributed by atoms with Gasteiger partial charge in [-0.1, -0.05) is 36.4 Å². The molecule has 0 spiro atoms. The Hall–Kier alpha value is -4.74. The molecule has 0 saturated carbocycles. The fraction of sp³-hybridized carbons (Fsp3) is 0.182. The van der Waals surface area contributed by atoms with Gasteiger partial charge in [-0.25, -0.2) is 4.79 Å². The Morgan fingerprint density at radius 3 is 2.53 bits per heavy atom. The van der Waals surface area contributed by atoms with Crippen molar-refractivity contribution in [2.45, 2.75) is 19.0 Å². The maximum absolute atomic E-state index is 12.2. The number of benzene rings is 1. The topological polar surface area (TPSA) is 176 Å². The minimum atomic E-state index is -1.10. The normalized spacial score (nSPS) is 11.2. The highest BCUT2D eigenvalue weighted by Gasteiger charge is 2.20. The van der Waals surface area contributed by atoms with E-state index >= 15 is 0 Å². The standard InChI is InChI=1S/C22H22N6O6/c29-18(26-16(9-19(30)31)15-7-4-8-23-11-15)12-24-20(32)17-13-34-22(27-17)28-21(33)25-10-14-5-2-1-3-6-14/h1-8,11,13,16H,9-10,12H2,(H,24,32)(H,26,29)(H,30,31)(H2,25,27,28,33). The summed E-state index contributed by atoms with van der Waals surface area (Å²) >= 11 is 0. The van der Waals surface area contributed by atoms with Crippen LogP contribution < -0.4 is 21.3 Å². The lowest BCUT2D eigenvalue weighted by Crippen LogP contribution is -2.39. The van der Waals surface area contributed by atoms with Gasteiger partial charge in [-0.2, -0.15) is 4.98 Å². The van der Waals surface area contributed by atoms with Gasteiger partial charge in [-0.3, -0.25) is 24.7 Å². The molecule has 3 aromatic rings. The van der Waals surface area contributed by atoms with Crippen LogP contribution in [0, 0.1) is 0 Å². The lowest BCUT2D eigenvalue weighted by molar-refractivity contribution is -0.137. The summed E-state index contributed by atoms with van der Waals surface area (Å²) in [6, 6.07) is 10.9. The Kier molecular flexibility index (Phi) is 8.27. The summed E-state index contributed by atoms with van der Waals surface area (Å²) in [7, 11) is 0. The zero-order valence-electron chi connectivity index (χ0n) is 17.9. The van der Waals surface area contributed by atoms with E-state index in [1.807, 2.05) is 30.3 Å². The van der Waals surface area contributed by atoms with Crippen molar-refractivity contribution in [1.82, 2.24) is 25.9 Å². The summed E-state index contributed by atoms with van der Waals surface area (Å²) in [6.45, 7) is -0.139. The summed E-state index contributed by atoms with van der Waals surface area (Å²) in [5, 5.41) is 19.0. The summed E-state index contributed by atoms with van der Waals surface area (Å²) in [5.41, 5.74) is 1.26. The molecular formula is C22H22N6O6. The number of oxazole rings is 1. The number of urea groups is 1. The van der Waals surface area contributed by atoms with Crippen LogP contribution in [0.15, 0.2) is 65.5 Å². The molecule has 0 saturated heterocycles. The second-order valence-corrected chi connectivity index (χ2v) is 7.02. The third kappa shape index (κ3) is 7.44. The first kappa shape index (κ1) is 23.9. The van der Waals surface area contributed by atoms with Crippen molar-refractivity contribution < 1.29 is 28.7 Å². The molecule has 3 rings (SSSR count). The molecule has 0 fully saturated rings. The smallest absolute Gasteiger partial charge is 0.323 e. The molecule has 12 nitrogen and oxygen atoms in total. The van der Waals surface area contributed by atoms with E-state index in [1.54, 1.807) is 12.1 Å². The molecule has 176 valence electrons. The Balaban J connectivity index is 1.46. The Morgan fingerprint density at radius 1 is 1.03 bits per heavy atom. The van der Waals surface area contributed by atoms with Crippen LogP contribution in [0.5, 0.6) is 0 Å². The number of nitrogens with one attached hydrogen (secondary N) is 4. The van der Waals surface area contributed by atoms with Gasteiger partial charge in [0.15, 0.2) is 5.69 Å². The van der Waals surface area contributed by atoms with Gasteiger partial charge in [0.1, 0.15) is 6.26 Å².